The van der Waals surface area contributed by atoms with Crippen LogP contribution < -0.4 is 4.74 Å². The maximum absolute atomic E-state index is 13.7. The van der Waals surface area contributed by atoms with Gasteiger partial charge in [-0.2, -0.15) is 0 Å². The molecule has 21 heavy (non-hydrogen) atoms. The second kappa shape index (κ2) is 5.44. The molecule has 0 aliphatic carbocycles. The zero-order valence-corrected chi connectivity index (χ0v) is 12.3. The monoisotopic (exact) mass is 356 g/mol. The van der Waals surface area contributed by atoms with Crippen molar-refractivity contribution in [2.45, 2.75) is 11.8 Å². The number of alkyl halides is 2. The lowest BCUT2D eigenvalue weighted by Gasteiger charge is -2.35. The van der Waals surface area contributed by atoms with Crippen LogP contribution in [0.2, 0.25) is 0 Å². The Kier molecular flexibility index (Phi) is 4.00. The van der Waals surface area contributed by atoms with E-state index in [1.54, 1.807) is 12.1 Å². The van der Waals surface area contributed by atoms with Crippen LogP contribution in [-0.2, 0) is 10.2 Å². The number of rotatable bonds is 2. The number of hydrogen-bond donors (Lipinski definition) is 1. The second-order valence-corrected chi connectivity index (χ2v) is 4.51. The van der Waals surface area contributed by atoms with Crippen molar-refractivity contribution in [3.63, 3.8) is 0 Å². The topological polar surface area (TPSA) is 46.5 Å². The Morgan fingerprint density at radius 1 is 1.00 bits per heavy atom. The SMILES string of the molecule is Br.O=C(O)C1(C(F)F)c2ccccc2Oc2ccccc21. The molecule has 0 atom stereocenters. The number of carboxylic acid groups (broad SMARTS) is 1. The number of hydrogen-bond acceptors (Lipinski definition) is 2. The summed E-state index contributed by atoms with van der Waals surface area (Å²) in [5, 5.41) is 9.52. The van der Waals surface area contributed by atoms with E-state index in [4.69, 9.17) is 4.74 Å². The highest BCUT2D eigenvalue weighted by atomic mass is 79.9. The molecule has 110 valence electrons. The van der Waals surface area contributed by atoms with Crippen LogP contribution in [0.25, 0.3) is 0 Å². The predicted molar refractivity (Wildman–Crippen MR) is 77.7 cm³/mol. The average Bonchev–Trinajstić information content (AvgIpc) is 2.43. The Morgan fingerprint density at radius 2 is 1.43 bits per heavy atom. The third kappa shape index (κ3) is 2.01. The van der Waals surface area contributed by atoms with E-state index in [1.165, 1.54) is 36.4 Å². The molecule has 0 radical (unpaired) electrons. The Bertz CT molecular complexity index is 643. The van der Waals surface area contributed by atoms with E-state index in [9.17, 15) is 18.7 Å². The first-order valence-electron chi connectivity index (χ1n) is 5.97. The summed E-state index contributed by atoms with van der Waals surface area (Å²) in [6.07, 6.45) is -3.09. The number of carboxylic acids is 1. The fourth-order valence-electron chi connectivity index (χ4n) is 2.59. The molecule has 3 rings (SSSR count). The highest BCUT2D eigenvalue weighted by molar-refractivity contribution is 8.93. The number of carbonyl (C=O) groups is 1. The molecule has 3 nitrogen and oxygen atoms in total. The Hall–Kier alpha value is -1.95. The van der Waals surface area contributed by atoms with Crippen LogP contribution in [0, 0.1) is 0 Å². The Balaban J connectivity index is 0.00000161. The molecule has 1 heterocycles. The van der Waals surface area contributed by atoms with Crippen molar-refractivity contribution in [1.29, 1.82) is 0 Å². The molecule has 1 aliphatic rings. The fourth-order valence-corrected chi connectivity index (χ4v) is 2.59. The largest absolute Gasteiger partial charge is 0.480 e. The van der Waals surface area contributed by atoms with E-state index in [1.807, 2.05) is 0 Å². The molecule has 0 bridgehead atoms. The van der Waals surface area contributed by atoms with Crippen molar-refractivity contribution in [3.05, 3.63) is 59.7 Å². The van der Waals surface area contributed by atoms with Crippen LogP contribution in [-0.4, -0.2) is 17.5 Å². The molecule has 0 saturated carbocycles. The summed E-state index contributed by atoms with van der Waals surface area (Å²) >= 11 is 0. The fraction of sp³-hybridized carbons (Fsp3) is 0.133. The molecule has 2 aromatic carbocycles. The van der Waals surface area contributed by atoms with Gasteiger partial charge < -0.3 is 9.84 Å². The third-order valence-corrected chi connectivity index (χ3v) is 3.51. The number of para-hydroxylation sites is 2. The lowest BCUT2D eigenvalue weighted by Crippen LogP contribution is -2.45. The Labute approximate surface area is 129 Å². The van der Waals surface area contributed by atoms with Gasteiger partial charge in [-0.25, -0.2) is 8.78 Å². The number of ether oxygens (including phenoxy) is 1. The van der Waals surface area contributed by atoms with Crippen LogP contribution >= 0.6 is 17.0 Å². The van der Waals surface area contributed by atoms with E-state index in [0.29, 0.717) is 0 Å². The van der Waals surface area contributed by atoms with Crippen molar-refractivity contribution in [2.75, 3.05) is 0 Å². The molecule has 0 fully saturated rings. The zero-order chi connectivity index (χ0) is 14.3. The van der Waals surface area contributed by atoms with E-state index < -0.39 is 17.8 Å². The van der Waals surface area contributed by atoms with Crippen molar-refractivity contribution < 1.29 is 23.4 Å². The molecule has 0 aromatic heterocycles. The number of benzene rings is 2. The van der Waals surface area contributed by atoms with Gasteiger partial charge in [-0.15, -0.1) is 17.0 Å². The van der Waals surface area contributed by atoms with Crippen molar-refractivity contribution in [2.24, 2.45) is 0 Å². The third-order valence-electron chi connectivity index (χ3n) is 3.51. The van der Waals surface area contributed by atoms with E-state index >= 15 is 0 Å². The minimum atomic E-state index is -3.09. The smallest absolute Gasteiger partial charge is 0.324 e. The highest BCUT2D eigenvalue weighted by Crippen LogP contribution is 2.51. The van der Waals surface area contributed by atoms with Gasteiger partial charge in [0.2, 0.25) is 0 Å². The lowest BCUT2D eigenvalue weighted by atomic mass is 9.72. The Morgan fingerprint density at radius 3 is 1.81 bits per heavy atom. The minimum absolute atomic E-state index is 0. The van der Waals surface area contributed by atoms with E-state index in [-0.39, 0.29) is 39.6 Å². The van der Waals surface area contributed by atoms with Crippen LogP contribution in [0.1, 0.15) is 11.1 Å². The number of halogens is 3. The molecule has 0 spiro atoms. The van der Waals surface area contributed by atoms with Gasteiger partial charge in [-0.05, 0) is 12.1 Å². The molecule has 0 unspecified atom stereocenters. The molecule has 1 aliphatic heterocycles. The number of aliphatic carboxylic acids is 1. The van der Waals surface area contributed by atoms with E-state index in [2.05, 4.69) is 0 Å². The van der Waals surface area contributed by atoms with Crippen LogP contribution in [0.4, 0.5) is 8.78 Å². The summed E-state index contributed by atoms with van der Waals surface area (Å²) in [6, 6.07) is 12.0. The maximum Gasteiger partial charge on any atom is 0.324 e. The first-order chi connectivity index (χ1) is 9.58. The van der Waals surface area contributed by atoms with Crippen molar-refractivity contribution in [3.8, 4) is 11.5 Å². The molecular weight excluding hydrogens is 346 g/mol. The summed E-state index contributed by atoms with van der Waals surface area (Å²) in [5.74, 6) is -1.29. The molecule has 1 N–H and O–H groups in total. The van der Waals surface area contributed by atoms with Crippen LogP contribution in [0.5, 0.6) is 11.5 Å². The maximum atomic E-state index is 13.7. The summed E-state index contributed by atoms with van der Waals surface area (Å²) in [4.78, 5) is 11.7. The van der Waals surface area contributed by atoms with Gasteiger partial charge in [0.05, 0.1) is 0 Å². The summed E-state index contributed by atoms with van der Waals surface area (Å²) < 4.78 is 33.0. The van der Waals surface area contributed by atoms with Gasteiger partial charge in [0.15, 0.2) is 5.41 Å². The quantitative estimate of drug-likeness (QED) is 0.884. The van der Waals surface area contributed by atoms with Crippen molar-refractivity contribution >= 4 is 23.0 Å². The normalized spacial score (nSPS) is 14.4. The summed E-state index contributed by atoms with van der Waals surface area (Å²) in [7, 11) is 0. The summed E-state index contributed by atoms with van der Waals surface area (Å²) in [6.45, 7) is 0. The van der Waals surface area contributed by atoms with Crippen molar-refractivity contribution in [1.82, 2.24) is 0 Å². The molecule has 0 saturated heterocycles. The predicted octanol–water partition coefficient (Wildman–Crippen LogP) is 4.01. The first-order valence-corrected chi connectivity index (χ1v) is 5.97. The average molecular weight is 357 g/mol. The first kappa shape index (κ1) is 15.4. The zero-order valence-electron chi connectivity index (χ0n) is 10.6. The molecule has 2 aromatic rings. The molecule has 6 heteroatoms. The van der Waals surface area contributed by atoms with Crippen LogP contribution in [0.3, 0.4) is 0 Å². The number of fused-ring (bicyclic) bond motifs is 2. The van der Waals surface area contributed by atoms with Gasteiger partial charge in [-0.1, -0.05) is 36.4 Å². The molecular formula is C15H11BrF2O3. The second-order valence-electron chi connectivity index (χ2n) is 4.51. The summed E-state index contributed by atoms with van der Waals surface area (Å²) in [5.41, 5.74) is -2.45. The minimum Gasteiger partial charge on any atom is -0.480 e. The van der Waals surface area contributed by atoms with Gasteiger partial charge in [0.1, 0.15) is 11.5 Å². The van der Waals surface area contributed by atoms with Gasteiger partial charge in [0.25, 0.3) is 6.43 Å². The van der Waals surface area contributed by atoms with Crippen LogP contribution in [0.15, 0.2) is 48.5 Å². The van der Waals surface area contributed by atoms with E-state index in [0.717, 1.165) is 0 Å². The lowest BCUT2D eigenvalue weighted by molar-refractivity contribution is -0.148. The van der Waals surface area contributed by atoms with Gasteiger partial charge in [-0.3, -0.25) is 4.79 Å². The highest BCUT2D eigenvalue weighted by Gasteiger charge is 2.55. The van der Waals surface area contributed by atoms with Gasteiger partial charge in [0, 0.05) is 11.1 Å². The van der Waals surface area contributed by atoms with Gasteiger partial charge >= 0.3 is 5.97 Å². The standard InChI is InChI=1S/C15H10F2O3.BrH/c16-13(17)15(14(18)19)9-5-1-3-7-11(9)20-12-8-4-2-6-10(12)15;/h1-8,13H,(H,18,19);1H. The molecule has 0 amide bonds.